The maximum atomic E-state index is 8.29. The Balaban J connectivity index is 1.27. The van der Waals surface area contributed by atoms with Crippen molar-refractivity contribution in [1.29, 1.82) is 0 Å². The summed E-state index contributed by atoms with van der Waals surface area (Å²) in [6.45, 7) is 37.1. The molecular formula is C70H73N3O+2. The summed E-state index contributed by atoms with van der Waals surface area (Å²) in [6.07, 6.45) is 2.32. The molecular weight excluding hydrogens is 899 g/mol. The van der Waals surface area contributed by atoms with Gasteiger partial charge in [-0.3, -0.25) is 0 Å². The Morgan fingerprint density at radius 3 is 1.61 bits per heavy atom. The van der Waals surface area contributed by atoms with Crippen LogP contribution in [-0.4, -0.2) is 4.57 Å². The Morgan fingerprint density at radius 1 is 0.432 bits per heavy atom. The minimum absolute atomic E-state index is 0.0214. The molecule has 0 amide bonds. The number of pyridine rings is 1. The van der Waals surface area contributed by atoms with Crippen molar-refractivity contribution in [2.45, 2.75) is 144 Å². The van der Waals surface area contributed by atoms with Crippen molar-refractivity contribution < 1.29 is 13.9 Å². The topological polar surface area (TPSA) is 21.9 Å². The third-order valence-corrected chi connectivity index (χ3v) is 16.4. The van der Waals surface area contributed by atoms with Gasteiger partial charge in [0.25, 0.3) is 0 Å². The molecule has 4 nitrogen and oxygen atoms in total. The van der Waals surface area contributed by atoms with Gasteiger partial charge in [0, 0.05) is 34.4 Å². The smallest absolute Gasteiger partial charge is 0.392 e. The number of imidazole rings is 1. The number of hydrogen-bond donors (Lipinski definition) is 0. The molecule has 0 radical (unpaired) electrons. The predicted molar refractivity (Wildman–Crippen MR) is 308 cm³/mol. The first-order valence-electron chi connectivity index (χ1n) is 26.9. The van der Waals surface area contributed by atoms with Crippen LogP contribution in [0.3, 0.4) is 0 Å². The van der Waals surface area contributed by atoms with E-state index in [4.69, 9.17) is 4.74 Å². The summed E-state index contributed by atoms with van der Waals surface area (Å²) in [7, 11) is 0. The summed E-state index contributed by atoms with van der Waals surface area (Å²) in [5, 5.41) is 0. The molecule has 3 aliphatic rings. The van der Waals surface area contributed by atoms with Gasteiger partial charge in [-0.2, -0.15) is 4.57 Å². The highest BCUT2D eigenvalue weighted by molar-refractivity contribution is 5.99. The largest absolute Gasteiger partial charge is 0.499 e. The molecule has 0 bridgehead atoms. The summed E-state index contributed by atoms with van der Waals surface area (Å²) in [5.41, 5.74) is 24.9. The van der Waals surface area contributed by atoms with Gasteiger partial charge in [-0.15, -0.1) is 9.13 Å². The van der Waals surface area contributed by atoms with Gasteiger partial charge in [0.05, 0.1) is 5.56 Å². The van der Waals surface area contributed by atoms with Gasteiger partial charge in [0.2, 0.25) is 5.69 Å². The van der Waals surface area contributed by atoms with Crippen molar-refractivity contribution in [3.63, 3.8) is 0 Å². The van der Waals surface area contributed by atoms with Gasteiger partial charge < -0.3 is 4.74 Å². The van der Waals surface area contributed by atoms with Crippen LogP contribution in [0.4, 0.5) is 0 Å². The van der Waals surface area contributed by atoms with Crippen molar-refractivity contribution in [2.75, 3.05) is 0 Å². The number of para-hydroxylation sites is 1. The van der Waals surface area contributed by atoms with Crippen LogP contribution in [0.2, 0.25) is 0 Å². The molecule has 12 rings (SSSR count). The molecule has 1 unspecified atom stereocenters. The van der Waals surface area contributed by atoms with Crippen molar-refractivity contribution in [1.82, 2.24) is 4.57 Å². The second-order valence-corrected chi connectivity index (χ2v) is 26.9. The zero-order chi connectivity index (χ0) is 52.4. The van der Waals surface area contributed by atoms with Gasteiger partial charge in [-0.1, -0.05) is 195 Å². The lowest BCUT2D eigenvalue weighted by atomic mass is 9.78. The van der Waals surface area contributed by atoms with E-state index in [1.54, 1.807) is 0 Å². The number of fused-ring (bicyclic) bond motifs is 5. The molecule has 2 aromatic heterocycles. The molecule has 0 aliphatic carbocycles. The number of aromatic nitrogens is 3. The van der Waals surface area contributed by atoms with Crippen LogP contribution in [0.1, 0.15) is 143 Å². The third-order valence-electron chi connectivity index (χ3n) is 16.4. The van der Waals surface area contributed by atoms with Gasteiger partial charge in [-0.05, 0) is 132 Å². The molecule has 0 N–H and O–H groups in total. The van der Waals surface area contributed by atoms with Crippen LogP contribution >= 0.6 is 0 Å². The molecule has 1 atom stereocenters. The summed E-state index contributed by atoms with van der Waals surface area (Å²) in [6, 6.07) is 56.0. The van der Waals surface area contributed by atoms with Crippen LogP contribution in [0.5, 0.6) is 5.75 Å². The highest BCUT2D eigenvalue weighted by Gasteiger charge is 2.69. The molecule has 0 fully saturated rings. The molecule has 0 saturated carbocycles. The molecule has 1 spiro atoms. The monoisotopic (exact) mass is 972 g/mol. The minimum atomic E-state index is -1.12. The highest BCUT2D eigenvalue weighted by Crippen LogP contribution is 2.57. The average molecular weight is 972 g/mol. The fourth-order valence-electron chi connectivity index (χ4n) is 12.1. The van der Waals surface area contributed by atoms with E-state index in [9.17, 15) is 0 Å². The molecule has 74 heavy (non-hydrogen) atoms. The fraction of sp³-hybridized carbons (Fsp3) is 0.314. The number of aryl methyl sites for hydroxylation is 1. The maximum absolute atomic E-state index is 8.29. The maximum Gasteiger partial charge on any atom is 0.499 e. The fourth-order valence-corrected chi connectivity index (χ4v) is 12.1. The molecule has 9 aromatic rings. The first-order chi connectivity index (χ1) is 34.7. The Hall–Kier alpha value is -7.04. The van der Waals surface area contributed by atoms with E-state index in [0.717, 1.165) is 39.6 Å². The molecule has 0 saturated heterocycles. The van der Waals surface area contributed by atoms with E-state index >= 15 is 0 Å². The van der Waals surface area contributed by atoms with Gasteiger partial charge in [-0.25, -0.2) is 0 Å². The first kappa shape index (κ1) is 47.9. The van der Waals surface area contributed by atoms with E-state index < -0.39 is 5.85 Å². The first-order valence-corrected chi connectivity index (χ1v) is 26.9. The SMILES string of the molecule is Cc1cc(-c2ccc(C(C)(C)C)cc2)c(-n2c3[n+]4c5c(cccc52)-c2cc(C(C)(C)C)cc5c2C4(Oc2c-3cc(C(C)(C)C)cc2C(C)(C)C)[n+]2ccc(-c3ccc(C(C)(C)C)cc3)cc2-5)cc1-c1ccccc1. The van der Waals surface area contributed by atoms with E-state index in [1.807, 2.05) is 0 Å². The quantitative estimate of drug-likeness (QED) is 0.161. The van der Waals surface area contributed by atoms with Crippen molar-refractivity contribution in [3.8, 4) is 78.6 Å². The standard InChI is InChI=1S/C70H73N3O/c1-42-35-53(45-27-31-48(32-28-45)66(5,6)7)60(41-52(42)44-21-18-17-19-22-44)72-58-24-20-23-51-54-37-49(67(8,9)10)38-55-59-36-46(43-25-29-47(30-26-43)65(2,3)4)33-34-71(59)70(61(54)55)73(62(51)58)64(72)56-39-50(68(11,12)13)40-57(63(56)74-70)69(14,15)16/h17-41H,1-16H3/q+2. The second kappa shape index (κ2) is 15.7. The predicted octanol–water partition coefficient (Wildman–Crippen LogP) is 17.2. The van der Waals surface area contributed by atoms with Crippen LogP contribution < -0.4 is 13.9 Å². The van der Waals surface area contributed by atoms with Crippen LogP contribution in [0.25, 0.3) is 83.9 Å². The average Bonchev–Trinajstić information content (AvgIpc) is 3.87. The number of nitrogens with zero attached hydrogens (tertiary/aromatic N) is 3. The van der Waals surface area contributed by atoms with Crippen molar-refractivity contribution in [2.24, 2.45) is 0 Å². The van der Waals surface area contributed by atoms with Crippen LogP contribution in [0, 0.1) is 6.92 Å². The molecule has 5 heterocycles. The number of ether oxygens (including phenoxy) is 1. The molecule has 7 aromatic carbocycles. The third kappa shape index (κ3) is 7.14. The van der Waals surface area contributed by atoms with Gasteiger partial charge >= 0.3 is 11.7 Å². The lowest BCUT2D eigenvalue weighted by Gasteiger charge is -2.36. The number of benzene rings is 7. The summed E-state index contributed by atoms with van der Waals surface area (Å²) in [4.78, 5) is 0. The van der Waals surface area contributed by atoms with E-state index in [2.05, 4.69) is 276 Å². The Morgan fingerprint density at radius 2 is 1.00 bits per heavy atom. The van der Waals surface area contributed by atoms with Gasteiger partial charge in [0.1, 0.15) is 16.8 Å². The van der Waals surface area contributed by atoms with Crippen molar-refractivity contribution in [3.05, 3.63) is 191 Å². The van der Waals surface area contributed by atoms with Crippen LogP contribution in [0.15, 0.2) is 152 Å². The molecule has 372 valence electrons. The van der Waals surface area contributed by atoms with E-state index in [-0.39, 0.29) is 27.1 Å². The van der Waals surface area contributed by atoms with E-state index in [0.29, 0.717) is 0 Å². The second-order valence-electron chi connectivity index (χ2n) is 26.9. The minimum Gasteiger partial charge on any atom is -0.392 e. The Labute approximate surface area is 440 Å². The normalized spacial score (nSPS) is 15.7. The lowest BCUT2D eigenvalue weighted by molar-refractivity contribution is -0.997. The van der Waals surface area contributed by atoms with E-state index in [1.165, 1.54) is 89.0 Å². The van der Waals surface area contributed by atoms with Crippen molar-refractivity contribution >= 4 is 11.0 Å². The zero-order valence-corrected chi connectivity index (χ0v) is 46.7. The molecule has 4 heteroatoms. The van der Waals surface area contributed by atoms with Crippen LogP contribution in [-0.2, 0) is 32.9 Å². The lowest BCUT2D eigenvalue weighted by Crippen LogP contribution is -2.78. The molecule has 3 aliphatic heterocycles. The number of hydrogen-bond acceptors (Lipinski definition) is 1. The summed E-state index contributed by atoms with van der Waals surface area (Å²) in [5.74, 6) is 0.929. The zero-order valence-electron chi connectivity index (χ0n) is 46.7. The highest BCUT2D eigenvalue weighted by atomic mass is 16.5. The van der Waals surface area contributed by atoms with Gasteiger partial charge in [0.15, 0.2) is 23.0 Å². The summed E-state index contributed by atoms with van der Waals surface area (Å²) < 4.78 is 16.0. The summed E-state index contributed by atoms with van der Waals surface area (Å²) >= 11 is 0. The Bertz CT molecular complexity index is 3800. The Kier molecular flexibility index (Phi) is 10.2. The number of rotatable bonds is 4.